The van der Waals surface area contributed by atoms with Crippen LogP contribution in [0.5, 0.6) is 0 Å². The van der Waals surface area contributed by atoms with Crippen LogP contribution >= 0.6 is 0 Å². The van der Waals surface area contributed by atoms with Crippen molar-refractivity contribution in [2.45, 2.75) is 32.2 Å². The van der Waals surface area contributed by atoms with Gasteiger partial charge < -0.3 is 9.15 Å². The van der Waals surface area contributed by atoms with Gasteiger partial charge in [0.1, 0.15) is 11.3 Å². The molecule has 2 aliphatic rings. The van der Waals surface area contributed by atoms with Gasteiger partial charge in [-0.25, -0.2) is 4.79 Å². The van der Waals surface area contributed by atoms with Crippen molar-refractivity contribution in [2.24, 2.45) is 0 Å². The molecule has 0 N–H and O–H groups in total. The molecule has 9 heteroatoms. The Kier molecular flexibility index (Phi) is 6.33. The van der Waals surface area contributed by atoms with Crippen molar-refractivity contribution >= 4 is 16.2 Å². The average molecular weight is 385 g/mol. The number of carbonyl (C=O) groups is 1. The highest BCUT2D eigenvalue weighted by atomic mass is 32.2. The molecule has 2 aliphatic heterocycles. The van der Waals surface area contributed by atoms with Gasteiger partial charge in [-0.15, -0.1) is 0 Å². The molecule has 0 saturated carbocycles. The quantitative estimate of drug-likeness (QED) is 0.711. The maximum atomic E-state index is 12.9. The number of piperazine rings is 1. The molecule has 0 spiro atoms. The summed E-state index contributed by atoms with van der Waals surface area (Å²) in [6, 6.07) is 1.60. The third kappa shape index (κ3) is 4.28. The molecule has 0 amide bonds. The van der Waals surface area contributed by atoms with E-state index in [9.17, 15) is 13.2 Å². The van der Waals surface area contributed by atoms with E-state index < -0.39 is 16.2 Å². The van der Waals surface area contributed by atoms with Crippen LogP contribution in [0, 0.1) is 0 Å². The van der Waals surface area contributed by atoms with E-state index in [1.165, 1.54) is 13.4 Å². The third-order valence-corrected chi connectivity index (χ3v) is 7.10. The topological polar surface area (TPSA) is 83.3 Å². The predicted molar refractivity (Wildman–Crippen MR) is 95.9 cm³/mol. The lowest BCUT2D eigenvalue weighted by Gasteiger charge is -2.36. The normalized spacial score (nSPS) is 21.4. The zero-order valence-corrected chi connectivity index (χ0v) is 16.0. The summed E-state index contributed by atoms with van der Waals surface area (Å²) in [5.74, 6) is 0.136. The van der Waals surface area contributed by atoms with Crippen molar-refractivity contribution in [3.8, 4) is 0 Å². The Hall–Kier alpha value is -1.42. The van der Waals surface area contributed by atoms with E-state index in [2.05, 4.69) is 4.90 Å². The summed E-state index contributed by atoms with van der Waals surface area (Å²) in [6.45, 7) is 3.83. The maximum absolute atomic E-state index is 12.9. The molecular weight excluding hydrogens is 358 g/mol. The zero-order chi connectivity index (χ0) is 18.6. The van der Waals surface area contributed by atoms with Crippen LogP contribution < -0.4 is 0 Å². The van der Waals surface area contributed by atoms with E-state index in [0.717, 1.165) is 25.7 Å². The number of furan rings is 1. The Morgan fingerprint density at radius 1 is 1.04 bits per heavy atom. The number of hydrogen-bond acceptors (Lipinski definition) is 6. The Balaban J connectivity index is 1.57. The highest BCUT2D eigenvalue weighted by Crippen LogP contribution is 2.20. The van der Waals surface area contributed by atoms with Crippen LogP contribution in [0.15, 0.2) is 16.7 Å². The second kappa shape index (κ2) is 8.51. The summed E-state index contributed by atoms with van der Waals surface area (Å²) in [6.07, 6.45) is 5.56. The number of ether oxygens (including phenoxy) is 1. The lowest BCUT2D eigenvalue weighted by molar-refractivity contribution is 0.0595. The van der Waals surface area contributed by atoms with Crippen molar-refractivity contribution in [3.63, 3.8) is 0 Å². The molecule has 1 aromatic heterocycles. The number of carbonyl (C=O) groups excluding carboxylic acids is 1. The first-order chi connectivity index (χ1) is 12.5. The van der Waals surface area contributed by atoms with Crippen LogP contribution in [0.1, 0.15) is 41.8 Å². The Bertz CT molecular complexity index is 702. The van der Waals surface area contributed by atoms with Crippen molar-refractivity contribution in [2.75, 3.05) is 46.4 Å². The number of esters is 1. The molecule has 0 bridgehead atoms. The summed E-state index contributed by atoms with van der Waals surface area (Å²) in [5.41, 5.74) is 0.423. The third-order valence-electron chi connectivity index (χ3n) is 5.07. The molecule has 0 aromatic carbocycles. The van der Waals surface area contributed by atoms with E-state index in [0.29, 0.717) is 57.1 Å². The number of hydrogen-bond donors (Lipinski definition) is 0. The number of methoxy groups -OCH3 is 1. The van der Waals surface area contributed by atoms with Gasteiger partial charge in [0.05, 0.1) is 19.9 Å². The van der Waals surface area contributed by atoms with Crippen molar-refractivity contribution in [3.05, 3.63) is 23.7 Å². The lowest BCUT2D eigenvalue weighted by atomic mass is 10.2. The van der Waals surface area contributed by atoms with Gasteiger partial charge in [0.25, 0.3) is 10.2 Å². The van der Waals surface area contributed by atoms with Crippen molar-refractivity contribution in [1.82, 2.24) is 13.5 Å². The standard InChI is InChI=1S/C17H27N3O5S/c1-24-17(21)15-6-13-25-16(15)14-18-9-11-20(12-10-18)26(22,23)19-7-4-2-3-5-8-19/h6,13H,2-5,7-12,14H2,1H3. The molecule has 2 fully saturated rings. The largest absolute Gasteiger partial charge is 0.467 e. The fraction of sp³-hybridized carbons (Fsp3) is 0.706. The minimum absolute atomic E-state index is 0.420. The van der Waals surface area contributed by atoms with Crippen LogP contribution in [-0.2, 0) is 21.5 Å². The Morgan fingerprint density at radius 3 is 2.27 bits per heavy atom. The zero-order valence-electron chi connectivity index (χ0n) is 15.2. The van der Waals surface area contributed by atoms with Crippen LogP contribution in [0.25, 0.3) is 0 Å². The first-order valence-corrected chi connectivity index (χ1v) is 10.5. The van der Waals surface area contributed by atoms with Gasteiger partial charge in [0.2, 0.25) is 0 Å². The van der Waals surface area contributed by atoms with Gasteiger partial charge >= 0.3 is 5.97 Å². The second-order valence-electron chi connectivity index (χ2n) is 6.75. The molecule has 0 unspecified atom stereocenters. The van der Waals surface area contributed by atoms with Gasteiger partial charge in [0, 0.05) is 39.3 Å². The Labute approximate surface area is 154 Å². The van der Waals surface area contributed by atoms with Gasteiger partial charge in [-0.1, -0.05) is 12.8 Å². The van der Waals surface area contributed by atoms with Crippen molar-refractivity contribution < 1.29 is 22.4 Å². The highest BCUT2D eigenvalue weighted by molar-refractivity contribution is 7.86. The fourth-order valence-corrected chi connectivity index (χ4v) is 5.18. The second-order valence-corrected chi connectivity index (χ2v) is 8.67. The van der Waals surface area contributed by atoms with Crippen LogP contribution in [-0.4, -0.2) is 74.3 Å². The van der Waals surface area contributed by atoms with E-state index in [1.807, 2.05) is 0 Å². The molecular formula is C17H27N3O5S. The molecule has 0 aliphatic carbocycles. The smallest absolute Gasteiger partial charge is 0.341 e. The number of nitrogens with zero attached hydrogens (tertiary/aromatic N) is 3. The molecule has 8 nitrogen and oxygen atoms in total. The maximum Gasteiger partial charge on any atom is 0.341 e. The first kappa shape index (κ1) is 19.3. The van der Waals surface area contributed by atoms with Gasteiger partial charge in [-0.3, -0.25) is 4.90 Å². The van der Waals surface area contributed by atoms with Gasteiger partial charge in [-0.05, 0) is 18.9 Å². The summed E-state index contributed by atoms with van der Waals surface area (Å²) in [5, 5.41) is 0. The van der Waals surface area contributed by atoms with E-state index in [1.54, 1.807) is 14.7 Å². The molecule has 2 saturated heterocycles. The molecule has 0 atom stereocenters. The SMILES string of the molecule is COC(=O)c1ccoc1CN1CCN(S(=O)(=O)N2CCCCCC2)CC1. The molecule has 26 heavy (non-hydrogen) atoms. The average Bonchev–Trinajstić information content (AvgIpc) is 2.92. The summed E-state index contributed by atoms with van der Waals surface area (Å²) >= 11 is 0. The predicted octanol–water partition coefficient (Wildman–Crippen LogP) is 1.30. The molecule has 0 radical (unpaired) electrons. The number of rotatable bonds is 5. The van der Waals surface area contributed by atoms with Crippen LogP contribution in [0.4, 0.5) is 0 Å². The first-order valence-electron chi connectivity index (χ1n) is 9.14. The molecule has 146 valence electrons. The summed E-state index contributed by atoms with van der Waals surface area (Å²) in [7, 11) is -2.04. The Morgan fingerprint density at radius 2 is 1.65 bits per heavy atom. The van der Waals surface area contributed by atoms with Gasteiger partial charge in [-0.2, -0.15) is 17.0 Å². The van der Waals surface area contributed by atoms with E-state index in [4.69, 9.17) is 9.15 Å². The van der Waals surface area contributed by atoms with E-state index >= 15 is 0 Å². The minimum Gasteiger partial charge on any atom is -0.467 e. The lowest BCUT2D eigenvalue weighted by Crippen LogP contribution is -2.52. The van der Waals surface area contributed by atoms with E-state index in [-0.39, 0.29) is 0 Å². The summed E-state index contributed by atoms with van der Waals surface area (Å²) in [4.78, 5) is 13.8. The molecule has 3 rings (SSSR count). The minimum atomic E-state index is -3.38. The van der Waals surface area contributed by atoms with Crippen LogP contribution in [0.2, 0.25) is 0 Å². The monoisotopic (exact) mass is 385 g/mol. The molecule has 3 heterocycles. The van der Waals surface area contributed by atoms with Gasteiger partial charge in [0.15, 0.2) is 0 Å². The summed E-state index contributed by atoms with van der Waals surface area (Å²) < 4.78 is 39.1. The van der Waals surface area contributed by atoms with Crippen molar-refractivity contribution in [1.29, 1.82) is 0 Å². The molecule has 1 aromatic rings. The van der Waals surface area contributed by atoms with Crippen LogP contribution in [0.3, 0.4) is 0 Å². The highest BCUT2D eigenvalue weighted by Gasteiger charge is 2.33. The fourth-order valence-electron chi connectivity index (χ4n) is 3.51.